The summed E-state index contributed by atoms with van der Waals surface area (Å²) in [5.41, 5.74) is 0. The highest BCUT2D eigenvalue weighted by Crippen LogP contribution is 2.32. The number of aryl methyl sites for hydroxylation is 1. The zero-order chi connectivity index (χ0) is 16.1. The van der Waals surface area contributed by atoms with Crippen LogP contribution in [0.1, 0.15) is 70.5 Å². The molecule has 1 saturated carbocycles. The molecule has 1 aromatic rings. The number of carbonyl (C=O) groups is 1. The minimum atomic E-state index is -0.524. The maximum Gasteiger partial charge on any atom is 0.227 e. The Bertz CT molecular complexity index is 479. The Labute approximate surface area is 131 Å². The van der Waals surface area contributed by atoms with E-state index in [0.717, 1.165) is 18.7 Å². The summed E-state index contributed by atoms with van der Waals surface area (Å²) >= 11 is 0. The van der Waals surface area contributed by atoms with Gasteiger partial charge in [-0.15, -0.1) is 0 Å². The molecule has 1 heterocycles. The molecule has 22 heavy (non-hydrogen) atoms. The normalized spacial score (nSPS) is 17.1. The maximum atomic E-state index is 12.3. The molecule has 0 bridgehead atoms. The van der Waals surface area contributed by atoms with E-state index >= 15 is 0 Å². The fraction of sp³-hybridized carbons (Fsp3) is 0.812. The lowest BCUT2D eigenvalue weighted by Crippen LogP contribution is -2.41. The molecule has 6 nitrogen and oxygen atoms in total. The molecule has 124 valence electrons. The fourth-order valence-electron chi connectivity index (χ4n) is 2.96. The average Bonchev–Trinajstić information content (AvgIpc) is 3.11. The molecule has 1 aliphatic rings. The van der Waals surface area contributed by atoms with Gasteiger partial charge in [0.2, 0.25) is 11.8 Å². The Morgan fingerprint density at radius 3 is 2.64 bits per heavy atom. The first-order chi connectivity index (χ1) is 10.5. The van der Waals surface area contributed by atoms with Gasteiger partial charge >= 0.3 is 0 Å². The zero-order valence-electron chi connectivity index (χ0n) is 13.8. The van der Waals surface area contributed by atoms with Crippen molar-refractivity contribution in [2.45, 2.75) is 77.4 Å². The summed E-state index contributed by atoms with van der Waals surface area (Å²) in [5, 5.41) is 13.5. The van der Waals surface area contributed by atoms with E-state index in [1.807, 2.05) is 13.8 Å². The molecule has 0 saturated heterocycles. The molecule has 0 aliphatic heterocycles. The van der Waals surface area contributed by atoms with Crippen molar-refractivity contribution >= 4 is 5.91 Å². The molecule has 0 radical (unpaired) electrons. The van der Waals surface area contributed by atoms with Gasteiger partial charge < -0.3 is 14.5 Å². The Hall–Kier alpha value is -1.43. The third kappa shape index (κ3) is 4.53. The fourth-order valence-corrected chi connectivity index (χ4v) is 2.96. The summed E-state index contributed by atoms with van der Waals surface area (Å²) in [4.78, 5) is 18.4. The highest BCUT2D eigenvalue weighted by Gasteiger charge is 2.23. The van der Waals surface area contributed by atoms with Crippen LogP contribution in [0.4, 0.5) is 0 Å². The van der Waals surface area contributed by atoms with Crippen molar-refractivity contribution in [1.29, 1.82) is 0 Å². The van der Waals surface area contributed by atoms with Crippen LogP contribution in [-0.2, 0) is 11.2 Å². The first-order valence-electron chi connectivity index (χ1n) is 8.27. The van der Waals surface area contributed by atoms with E-state index in [1.54, 1.807) is 11.8 Å². The molecule has 6 heteroatoms. The van der Waals surface area contributed by atoms with E-state index in [9.17, 15) is 9.90 Å². The van der Waals surface area contributed by atoms with Crippen molar-refractivity contribution < 1.29 is 14.4 Å². The summed E-state index contributed by atoms with van der Waals surface area (Å²) in [6.45, 7) is 5.94. The van der Waals surface area contributed by atoms with E-state index in [2.05, 4.69) is 10.1 Å². The molecule has 0 spiro atoms. The molecular weight excluding hydrogens is 282 g/mol. The van der Waals surface area contributed by atoms with Crippen LogP contribution >= 0.6 is 0 Å². The molecule has 1 N–H and O–H groups in total. The predicted molar refractivity (Wildman–Crippen MR) is 82.4 cm³/mol. The molecule has 1 unspecified atom stereocenters. The van der Waals surface area contributed by atoms with Gasteiger partial charge in [-0.2, -0.15) is 4.98 Å². The molecule has 1 amide bonds. The summed E-state index contributed by atoms with van der Waals surface area (Å²) in [7, 11) is 0. The van der Waals surface area contributed by atoms with Gasteiger partial charge in [-0.3, -0.25) is 4.79 Å². The Morgan fingerprint density at radius 1 is 1.36 bits per heavy atom. The molecular formula is C16H27N3O3. The first-order valence-corrected chi connectivity index (χ1v) is 8.27. The summed E-state index contributed by atoms with van der Waals surface area (Å²) < 4.78 is 5.27. The van der Waals surface area contributed by atoms with E-state index in [1.165, 1.54) is 12.8 Å². The minimum absolute atomic E-state index is 0.0107. The average molecular weight is 309 g/mol. The lowest BCUT2D eigenvalue weighted by Gasteiger charge is -2.27. The van der Waals surface area contributed by atoms with Crippen molar-refractivity contribution in [2.24, 2.45) is 0 Å². The Kier molecular flexibility index (Phi) is 5.94. The number of aliphatic hydroxyl groups excluding tert-OH is 1. The number of hydrogen-bond acceptors (Lipinski definition) is 5. The van der Waals surface area contributed by atoms with Gasteiger partial charge in [0.15, 0.2) is 5.82 Å². The van der Waals surface area contributed by atoms with Crippen molar-refractivity contribution in [2.75, 3.05) is 6.54 Å². The van der Waals surface area contributed by atoms with E-state index < -0.39 is 6.10 Å². The van der Waals surface area contributed by atoms with Gasteiger partial charge in [0.25, 0.3) is 0 Å². The number of rotatable bonds is 7. The van der Waals surface area contributed by atoms with Crippen LogP contribution in [0.15, 0.2) is 4.52 Å². The number of amides is 1. The topological polar surface area (TPSA) is 79.5 Å². The lowest BCUT2D eigenvalue weighted by molar-refractivity contribution is -0.134. The smallest absolute Gasteiger partial charge is 0.227 e. The number of hydrogen-bond donors (Lipinski definition) is 1. The highest BCUT2D eigenvalue weighted by molar-refractivity contribution is 5.76. The summed E-state index contributed by atoms with van der Waals surface area (Å²) in [6, 6.07) is 0.0684. The van der Waals surface area contributed by atoms with Crippen LogP contribution in [0, 0.1) is 0 Å². The van der Waals surface area contributed by atoms with E-state index in [-0.39, 0.29) is 11.9 Å². The molecule has 1 aliphatic carbocycles. The third-order valence-corrected chi connectivity index (χ3v) is 4.16. The van der Waals surface area contributed by atoms with Crippen molar-refractivity contribution in [3.05, 3.63) is 11.7 Å². The Morgan fingerprint density at radius 2 is 2.05 bits per heavy atom. The first kappa shape index (κ1) is 16.9. The van der Waals surface area contributed by atoms with Gasteiger partial charge in [0.05, 0.1) is 6.10 Å². The minimum Gasteiger partial charge on any atom is -0.392 e. The van der Waals surface area contributed by atoms with Gasteiger partial charge in [0, 0.05) is 31.3 Å². The number of aromatic nitrogens is 2. The quantitative estimate of drug-likeness (QED) is 0.836. The Balaban J connectivity index is 1.87. The second kappa shape index (κ2) is 7.72. The summed E-state index contributed by atoms with van der Waals surface area (Å²) in [5.74, 6) is 1.77. The van der Waals surface area contributed by atoms with Gasteiger partial charge in [-0.25, -0.2) is 0 Å². The van der Waals surface area contributed by atoms with Crippen LogP contribution in [0.2, 0.25) is 0 Å². The van der Waals surface area contributed by atoms with Crippen LogP contribution in [0.25, 0.3) is 0 Å². The number of carbonyl (C=O) groups excluding carboxylic acids is 1. The van der Waals surface area contributed by atoms with Gasteiger partial charge in [-0.1, -0.05) is 18.0 Å². The molecule has 0 aromatic carbocycles. The van der Waals surface area contributed by atoms with Gasteiger partial charge in [-0.05, 0) is 33.6 Å². The van der Waals surface area contributed by atoms with E-state index in [0.29, 0.717) is 31.2 Å². The predicted octanol–water partition coefficient (Wildman–Crippen LogP) is 2.28. The second-order valence-electron chi connectivity index (χ2n) is 6.52. The monoisotopic (exact) mass is 309 g/mol. The number of aliphatic hydroxyl groups is 1. The molecule has 2 rings (SSSR count). The van der Waals surface area contributed by atoms with E-state index in [4.69, 9.17) is 4.52 Å². The lowest BCUT2D eigenvalue weighted by atomic mass is 10.1. The van der Waals surface area contributed by atoms with Crippen LogP contribution in [-0.4, -0.2) is 44.7 Å². The van der Waals surface area contributed by atoms with Crippen molar-refractivity contribution in [3.8, 4) is 0 Å². The molecule has 1 aromatic heterocycles. The van der Waals surface area contributed by atoms with Crippen LogP contribution < -0.4 is 0 Å². The SMILES string of the molecule is CC(O)CN(C(=O)CCc1nc(C2CCCC2)no1)C(C)C. The number of nitrogens with zero attached hydrogens (tertiary/aromatic N) is 3. The standard InChI is InChI=1S/C16H27N3O3/c1-11(2)19(10-12(3)20)15(21)9-8-14-17-16(18-22-14)13-6-4-5-7-13/h11-13,20H,4-10H2,1-3H3. The highest BCUT2D eigenvalue weighted by atomic mass is 16.5. The maximum absolute atomic E-state index is 12.3. The van der Waals surface area contributed by atoms with Crippen molar-refractivity contribution in [1.82, 2.24) is 15.0 Å². The van der Waals surface area contributed by atoms with Crippen LogP contribution in [0.5, 0.6) is 0 Å². The van der Waals surface area contributed by atoms with Crippen molar-refractivity contribution in [3.63, 3.8) is 0 Å². The third-order valence-electron chi connectivity index (χ3n) is 4.16. The van der Waals surface area contributed by atoms with Gasteiger partial charge in [0.1, 0.15) is 0 Å². The summed E-state index contributed by atoms with van der Waals surface area (Å²) in [6.07, 6.45) is 4.99. The second-order valence-corrected chi connectivity index (χ2v) is 6.52. The largest absolute Gasteiger partial charge is 0.392 e. The molecule has 1 atom stereocenters. The van der Waals surface area contributed by atoms with Crippen LogP contribution in [0.3, 0.4) is 0 Å². The zero-order valence-corrected chi connectivity index (χ0v) is 13.8. The molecule has 1 fully saturated rings.